The number of ether oxygens (including phenoxy) is 2. The van der Waals surface area contributed by atoms with E-state index in [-0.39, 0.29) is 29.3 Å². The Morgan fingerprint density at radius 3 is 1.97 bits per heavy atom. The number of fused-ring (bicyclic) bond motifs is 1. The minimum atomic E-state index is -4.75. The van der Waals surface area contributed by atoms with Crippen molar-refractivity contribution in [3.8, 4) is 11.5 Å². The highest BCUT2D eigenvalue weighted by molar-refractivity contribution is 5.84. The predicted octanol–water partition coefficient (Wildman–Crippen LogP) is 8.12. The lowest BCUT2D eigenvalue weighted by atomic mass is 9.97. The summed E-state index contributed by atoms with van der Waals surface area (Å²) in [5.74, 6) is -1.86. The molecule has 0 atom stereocenters. The fourth-order valence-corrected chi connectivity index (χ4v) is 4.21. The molecule has 194 valence electrons. The Morgan fingerprint density at radius 1 is 0.676 bits per heavy atom. The highest BCUT2D eigenvalue weighted by atomic mass is 19.4. The van der Waals surface area contributed by atoms with Gasteiger partial charge in [0, 0.05) is 23.1 Å². The van der Waals surface area contributed by atoms with Gasteiger partial charge >= 0.3 is 6.36 Å². The maximum Gasteiger partial charge on any atom is 0.573 e. The molecular weight excluding hydrogens is 494 g/mol. The molecule has 37 heavy (non-hydrogen) atoms. The summed E-state index contributed by atoms with van der Waals surface area (Å²) in [5.41, 5.74) is 2.02. The second kappa shape index (κ2) is 11.2. The topological polar surface area (TPSA) is 18.5 Å². The lowest BCUT2D eigenvalue weighted by Crippen LogP contribution is -2.17. The molecule has 0 amide bonds. The van der Waals surface area contributed by atoms with Gasteiger partial charge in [0.15, 0.2) is 0 Å². The molecule has 4 aromatic carbocycles. The van der Waals surface area contributed by atoms with E-state index in [2.05, 4.69) is 4.74 Å². The average Bonchev–Trinajstić information content (AvgIpc) is 2.83. The lowest BCUT2D eigenvalue weighted by molar-refractivity contribution is -0.274. The molecule has 4 aromatic rings. The van der Waals surface area contributed by atoms with Gasteiger partial charge in [0.25, 0.3) is 0 Å². The number of rotatable bonds is 9. The van der Waals surface area contributed by atoms with Crippen molar-refractivity contribution in [3.05, 3.63) is 106 Å². The van der Waals surface area contributed by atoms with E-state index in [1.165, 1.54) is 36.4 Å². The van der Waals surface area contributed by atoms with E-state index in [0.717, 1.165) is 11.1 Å². The van der Waals surface area contributed by atoms with Crippen molar-refractivity contribution in [1.29, 1.82) is 0 Å². The van der Waals surface area contributed by atoms with Crippen LogP contribution in [0.2, 0.25) is 0 Å². The average molecular weight is 518 g/mol. The summed E-state index contributed by atoms with van der Waals surface area (Å²) in [6.45, 7) is 2.04. The Balaban J connectivity index is 1.42. The summed E-state index contributed by atoms with van der Waals surface area (Å²) < 4.78 is 89.8. The predicted molar refractivity (Wildman–Crippen MR) is 129 cm³/mol. The largest absolute Gasteiger partial charge is 0.573 e. The van der Waals surface area contributed by atoms with Gasteiger partial charge in [-0.1, -0.05) is 42.5 Å². The molecule has 0 aliphatic carbocycles. The number of benzene rings is 4. The zero-order valence-electron chi connectivity index (χ0n) is 20.0. The Morgan fingerprint density at radius 2 is 1.32 bits per heavy atom. The van der Waals surface area contributed by atoms with Crippen LogP contribution in [0.5, 0.6) is 11.5 Å². The fraction of sp³-hybridized carbons (Fsp3) is 0.241. The molecule has 0 aliphatic heterocycles. The first-order valence-corrected chi connectivity index (χ1v) is 11.8. The van der Waals surface area contributed by atoms with E-state index in [4.69, 9.17) is 4.74 Å². The molecule has 0 saturated carbocycles. The zero-order chi connectivity index (χ0) is 26.6. The second-order valence-corrected chi connectivity index (χ2v) is 8.58. The van der Waals surface area contributed by atoms with Crippen LogP contribution < -0.4 is 9.47 Å². The molecule has 0 fully saturated rings. The molecule has 0 unspecified atom stereocenters. The van der Waals surface area contributed by atoms with Crippen LogP contribution in [0.15, 0.2) is 66.7 Å². The number of aryl methyl sites for hydroxylation is 3. The first-order valence-electron chi connectivity index (χ1n) is 11.8. The number of alkyl halides is 3. The van der Waals surface area contributed by atoms with Crippen molar-refractivity contribution < 1.29 is 35.8 Å². The van der Waals surface area contributed by atoms with Crippen LogP contribution in [-0.2, 0) is 25.7 Å². The molecule has 4 rings (SSSR count). The normalized spacial score (nSPS) is 11.6. The van der Waals surface area contributed by atoms with Gasteiger partial charge in [-0.15, -0.1) is 13.2 Å². The van der Waals surface area contributed by atoms with Crippen molar-refractivity contribution in [2.45, 2.75) is 39.0 Å². The first kappa shape index (κ1) is 26.4. The van der Waals surface area contributed by atoms with Crippen LogP contribution in [0, 0.1) is 17.5 Å². The lowest BCUT2D eigenvalue weighted by Gasteiger charge is -2.11. The van der Waals surface area contributed by atoms with E-state index in [1.807, 2.05) is 0 Å². The minimum absolute atomic E-state index is 0.0249. The van der Waals surface area contributed by atoms with Gasteiger partial charge in [-0.05, 0) is 66.8 Å². The molecule has 2 nitrogen and oxygen atoms in total. The van der Waals surface area contributed by atoms with Crippen LogP contribution in [0.25, 0.3) is 10.8 Å². The molecule has 0 spiro atoms. The minimum Gasteiger partial charge on any atom is -0.494 e. The number of hydrogen-bond donors (Lipinski definition) is 0. The third-order valence-electron chi connectivity index (χ3n) is 6.03. The quantitative estimate of drug-likeness (QED) is 0.208. The molecule has 0 saturated heterocycles. The van der Waals surface area contributed by atoms with E-state index < -0.39 is 18.0 Å². The van der Waals surface area contributed by atoms with Crippen molar-refractivity contribution in [2.75, 3.05) is 6.61 Å². The summed E-state index contributed by atoms with van der Waals surface area (Å²) in [7, 11) is 0. The van der Waals surface area contributed by atoms with Gasteiger partial charge in [0.05, 0.1) is 6.61 Å². The number of halogens is 6. The smallest absolute Gasteiger partial charge is 0.494 e. The highest BCUT2D eigenvalue weighted by Crippen LogP contribution is 2.27. The third kappa shape index (κ3) is 6.76. The van der Waals surface area contributed by atoms with Crippen LogP contribution >= 0.6 is 0 Å². The summed E-state index contributed by atoms with van der Waals surface area (Å²) >= 11 is 0. The summed E-state index contributed by atoms with van der Waals surface area (Å²) in [6, 6.07) is 16.5. The Bertz CT molecular complexity index is 1360. The van der Waals surface area contributed by atoms with Crippen molar-refractivity contribution in [1.82, 2.24) is 0 Å². The maximum atomic E-state index is 15.2. The third-order valence-corrected chi connectivity index (χ3v) is 6.03. The van der Waals surface area contributed by atoms with Crippen LogP contribution in [0.3, 0.4) is 0 Å². The van der Waals surface area contributed by atoms with Crippen LogP contribution in [0.4, 0.5) is 26.3 Å². The summed E-state index contributed by atoms with van der Waals surface area (Å²) in [5, 5.41) is 1.09. The zero-order valence-corrected chi connectivity index (χ0v) is 20.0. The van der Waals surface area contributed by atoms with Crippen molar-refractivity contribution in [2.24, 2.45) is 0 Å². The van der Waals surface area contributed by atoms with E-state index in [0.29, 0.717) is 42.2 Å². The van der Waals surface area contributed by atoms with Gasteiger partial charge in [0.2, 0.25) is 0 Å². The van der Waals surface area contributed by atoms with Crippen LogP contribution in [0.1, 0.15) is 29.2 Å². The van der Waals surface area contributed by atoms with Gasteiger partial charge in [-0.3, -0.25) is 0 Å². The molecule has 0 radical (unpaired) electrons. The SMILES string of the molecule is CCOc1cc(F)c(CCc2ccc3c(F)c(CCc4ccc(OC(F)(F)F)cc4)ccc3c2)c(F)c1. The second-order valence-electron chi connectivity index (χ2n) is 8.58. The maximum absolute atomic E-state index is 15.2. The van der Waals surface area contributed by atoms with Gasteiger partial charge in [0.1, 0.15) is 29.0 Å². The van der Waals surface area contributed by atoms with E-state index >= 15 is 4.39 Å². The molecule has 8 heteroatoms. The van der Waals surface area contributed by atoms with E-state index in [1.54, 1.807) is 37.3 Å². The Labute approximate surface area is 210 Å². The highest BCUT2D eigenvalue weighted by Gasteiger charge is 2.30. The molecule has 0 bridgehead atoms. The molecular formula is C29H24F6O2. The van der Waals surface area contributed by atoms with Crippen LogP contribution in [-0.4, -0.2) is 13.0 Å². The molecule has 0 aliphatic rings. The van der Waals surface area contributed by atoms with Crippen molar-refractivity contribution >= 4 is 10.8 Å². The van der Waals surface area contributed by atoms with E-state index in [9.17, 15) is 22.0 Å². The standard InChI is InChI=1S/C29H24F6O2/c1-2-36-23-16-26(30)25(27(31)17-23)14-7-19-6-13-24-21(15-19)10-9-20(28(24)32)8-3-18-4-11-22(12-5-18)37-29(33,34)35/h4-6,9-13,15-17H,2-3,7-8,14H2,1H3. The Kier molecular flexibility index (Phi) is 7.95. The summed E-state index contributed by atoms with van der Waals surface area (Å²) in [4.78, 5) is 0. The first-order chi connectivity index (χ1) is 17.6. The monoisotopic (exact) mass is 518 g/mol. The molecule has 0 heterocycles. The fourth-order valence-electron chi connectivity index (χ4n) is 4.21. The molecule has 0 aromatic heterocycles. The molecule has 0 N–H and O–H groups in total. The van der Waals surface area contributed by atoms with Crippen molar-refractivity contribution in [3.63, 3.8) is 0 Å². The number of hydrogen-bond acceptors (Lipinski definition) is 2. The Hall–Kier alpha value is -3.68. The van der Waals surface area contributed by atoms with Gasteiger partial charge in [-0.2, -0.15) is 0 Å². The van der Waals surface area contributed by atoms with Gasteiger partial charge in [-0.25, -0.2) is 13.2 Å². The summed E-state index contributed by atoms with van der Waals surface area (Å²) in [6.07, 6.45) is -3.44. The van der Waals surface area contributed by atoms with Gasteiger partial charge < -0.3 is 9.47 Å².